The number of nitriles is 1. The lowest BCUT2D eigenvalue weighted by Gasteiger charge is -2.43. The normalized spacial score (nSPS) is 20.7. The van der Waals surface area contributed by atoms with Gasteiger partial charge in [0, 0.05) is 24.8 Å². The van der Waals surface area contributed by atoms with Crippen LogP contribution in [0.1, 0.15) is 36.8 Å². The van der Waals surface area contributed by atoms with Gasteiger partial charge in [0.15, 0.2) is 16.6 Å². The van der Waals surface area contributed by atoms with Gasteiger partial charge in [0.1, 0.15) is 18.2 Å². The molecule has 1 aliphatic carbocycles. The van der Waals surface area contributed by atoms with Crippen molar-refractivity contribution >= 4 is 34.6 Å². The first-order valence-corrected chi connectivity index (χ1v) is 11.4. The molecule has 2 aliphatic heterocycles. The first-order chi connectivity index (χ1) is 16.7. The maximum absolute atomic E-state index is 13.6. The number of hydrogen-bond acceptors (Lipinski definition) is 6. The molecule has 2 fully saturated rings. The number of anilines is 2. The minimum atomic E-state index is -4.76. The van der Waals surface area contributed by atoms with E-state index in [9.17, 15) is 18.0 Å². The molecule has 2 aromatic carbocycles. The molecule has 1 saturated carbocycles. The second kappa shape index (κ2) is 8.39. The summed E-state index contributed by atoms with van der Waals surface area (Å²) in [6, 6.07) is 9.83. The van der Waals surface area contributed by atoms with Gasteiger partial charge in [0.25, 0.3) is 5.91 Å². The van der Waals surface area contributed by atoms with Crippen LogP contribution in [0.3, 0.4) is 0 Å². The summed E-state index contributed by atoms with van der Waals surface area (Å²) in [5.41, 5.74) is -2.11. The van der Waals surface area contributed by atoms with Crippen molar-refractivity contribution in [2.45, 2.75) is 43.5 Å². The van der Waals surface area contributed by atoms with Gasteiger partial charge in [0.05, 0.1) is 22.9 Å². The number of thiocarbonyl (C=S) groups is 1. The number of nitrogens with zero attached hydrogens (tertiary/aromatic N) is 3. The van der Waals surface area contributed by atoms with Gasteiger partial charge in [-0.05, 0) is 61.8 Å². The van der Waals surface area contributed by atoms with Crippen molar-refractivity contribution in [3.05, 3.63) is 47.5 Å². The molecular formula is C24H20F3N3O4S. The minimum Gasteiger partial charge on any atom is -0.486 e. The van der Waals surface area contributed by atoms with E-state index in [4.69, 9.17) is 32.1 Å². The van der Waals surface area contributed by atoms with Crippen molar-refractivity contribution in [2.24, 2.45) is 0 Å². The Bertz CT molecular complexity index is 1260. The molecule has 1 atom stereocenters. The van der Waals surface area contributed by atoms with E-state index in [1.54, 1.807) is 29.2 Å². The molecule has 1 spiro atoms. The molecule has 0 bridgehead atoms. The lowest BCUT2D eigenvalue weighted by molar-refractivity contribution is -0.137. The Hall–Kier alpha value is -3.36. The first-order valence-electron chi connectivity index (χ1n) is 11.0. The summed E-state index contributed by atoms with van der Waals surface area (Å²) in [6.45, 7) is 0.221. The van der Waals surface area contributed by atoms with Crippen LogP contribution in [0.2, 0.25) is 0 Å². The van der Waals surface area contributed by atoms with Crippen LogP contribution >= 0.6 is 12.2 Å². The average Bonchev–Trinajstić information content (AvgIpc) is 3.04. The highest BCUT2D eigenvalue weighted by atomic mass is 32.1. The predicted molar refractivity (Wildman–Crippen MR) is 123 cm³/mol. The van der Waals surface area contributed by atoms with Crippen molar-refractivity contribution in [2.75, 3.05) is 23.0 Å². The fraction of sp³-hybridized carbons (Fsp3) is 0.375. The summed E-state index contributed by atoms with van der Waals surface area (Å²) in [7, 11) is 0. The zero-order chi connectivity index (χ0) is 25.0. The van der Waals surface area contributed by atoms with E-state index in [2.05, 4.69) is 0 Å². The molecule has 182 valence electrons. The maximum Gasteiger partial charge on any atom is 0.417 e. The van der Waals surface area contributed by atoms with E-state index >= 15 is 0 Å². The van der Waals surface area contributed by atoms with Gasteiger partial charge in [0.2, 0.25) is 0 Å². The highest BCUT2D eigenvalue weighted by Gasteiger charge is 2.59. The fourth-order valence-electron chi connectivity index (χ4n) is 4.74. The summed E-state index contributed by atoms with van der Waals surface area (Å²) in [5, 5.41) is 18.3. The van der Waals surface area contributed by atoms with Gasteiger partial charge in [-0.15, -0.1) is 0 Å². The van der Waals surface area contributed by atoms with Crippen LogP contribution in [0.15, 0.2) is 36.4 Å². The lowest BCUT2D eigenvalue weighted by Crippen LogP contribution is -2.55. The Labute approximate surface area is 204 Å². The van der Waals surface area contributed by atoms with Gasteiger partial charge in [-0.2, -0.15) is 18.4 Å². The van der Waals surface area contributed by atoms with Crippen LogP contribution in [0, 0.1) is 11.3 Å². The number of halogens is 3. The topological polar surface area (TPSA) is 86.0 Å². The number of hydrogen-bond donors (Lipinski definition) is 1. The third-order valence-electron chi connectivity index (χ3n) is 6.63. The number of carbonyl (C=O) groups is 1. The third-order valence-corrected chi connectivity index (χ3v) is 7.00. The SMILES string of the molecule is N#Cc1ccc(N2C(=O)C3(CCC3)N(c3ccc4c(c3)OC[C@H](CCO)O4)C2=S)cc1C(F)(F)F. The van der Waals surface area contributed by atoms with Crippen LogP contribution in [0.25, 0.3) is 0 Å². The summed E-state index contributed by atoms with van der Waals surface area (Å²) >= 11 is 5.64. The number of fused-ring (bicyclic) bond motifs is 1. The smallest absolute Gasteiger partial charge is 0.417 e. The number of ether oxygens (including phenoxy) is 2. The van der Waals surface area contributed by atoms with Crippen molar-refractivity contribution in [1.29, 1.82) is 5.26 Å². The standard InChI is InChI=1S/C24H20F3N3O4S/c25-24(26,27)18-10-15(3-2-14(18)12-28)29-21(32)23(7-1-8-23)30(22(29)35)16-4-5-19-20(11-16)33-13-17(34-19)6-9-31/h2-5,10-11,17,31H,1,6-9,13H2/t17-/m0/s1. The lowest BCUT2D eigenvalue weighted by atomic mass is 9.75. The van der Waals surface area contributed by atoms with Crippen LogP contribution < -0.4 is 19.3 Å². The van der Waals surface area contributed by atoms with Crippen molar-refractivity contribution in [3.63, 3.8) is 0 Å². The van der Waals surface area contributed by atoms with E-state index < -0.39 is 28.7 Å². The molecule has 3 aliphatic rings. The first kappa shape index (κ1) is 23.4. The number of aliphatic hydroxyl groups excluding tert-OH is 1. The quantitative estimate of drug-likeness (QED) is 0.627. The molecule has 2 heterocycles. The molecule has 0 unspecified atom stereocenters. The van der Waals surface area contributed by atoms with E-state index in [1.807, 2.05) is 0 Å². The zero-order valence-corrected chi connectivity index (χ0v) is 19.2. The third kappa shape index (κ3) is 3.68. The molecule has 5 rings (SSSR count). The zero-order valence-electron chi connectivity index (χ0n) is 18.3. The Morgan fingerprint density at radius 3 is 2.54 bits per heavy atom. The fourth-order valence-corrected chi connectivity index (χ4v) is 5.21. The molecule has 1 saturated heterocycles. The van der Waals surface area contributed by atoms with Gasteiger partial charge in [-0.3, -0.25) is 9.69 Å². The van der Waals surface area contributed by atoms with E-state index in [1.165, 1.54) is 6.07 Å². The molecule has 11 heteroatoms. The van der Waals surface area contributed by atoms with Crippen LogP contribution in [-0.2, 0) is 11.0 Å². The summed E-state index contributed by atoms with van der Waals surface area (Å²) in [4.78, 5) is 16.4. The van der Waals surface area contributed by atoms with E-state index in [0.717, 1.165) is 23.5 Å². The monoisotopic (exact) mass is 503 g/mol. The van der Waals surface area contributed by atoms with Gasteiger partial charge in [-0.1, -0.05) is 0 Å². The number of alkyl halides is 3. The molecule has 35 heavy (non-hydrogen) atoms. The molecule has 1 N–H and O–H groups in total. The average molecular weight is 504 g/mol. The molecule has 1 amide bonds. The molecule has 2 aromatic rings. The number of benzene rings is 2. The van der Waals surface area contributed by atoms with Crippen LogP contribution in [-0.4, -0.2) is 41.0 Å². The highest BCUT2D eigenvalue weighted by molar-refractivity contribution is 7.81. The number of rotatable bonds is 4. The van der Waals surface area contributed by atoms with Crippen molar-refractivity contribution in [3.8, 4) is 17.6 Å². The molecule has 7 nitrogen and oxygen atoms in total. The number of aliphatic hydroxyl groups is 1. The predicted octanol–water partition coefficient (Wildman–Crippen LogP) is 4.16. The van der Waals surface area contributed by atoms with Gasteiger partial charge < -0.3 is 19.5 Å². The highest BCUT2D eigenvalue weighted by Crippen LogP contribution is 2.49. The Balaban J connectivity index is 1.53. The van der Waals surface area contributed by atoms with E-state index in [0.29, 0.717) is 36.4 Å². The Kier molecular flexibility index (Phi) is 5.61. The van der Waals surface area contributed by atoms with Crippen LogP contribution in [0.5, 0.6) is 11.5 Å². The Morgan fingerprint density at radius 2 is 1.91 bits per heavy atom. The minimum absolute atomic E-state index is 0.0324. The van der Waals surface area contributed by atoms with Gasteiger partial charge >= 0.3 is 6.18 Å². The van der Waals surface area contributed by atoms with Crippen molar-refractivity contribution in [1.82, 2.24) is 0 Å². The summed E-state index contributed by atoms with van der Waals surface area (Å²) in [5.74, 6) is 0.554. The van der Waals surface area contributed by atoms with Crippen molar-refractivity contribution < 1.29 is 32.5 Å². The molecular weight excluding hydrogens is 483 g/mol. The second-order valence-corrected chi connectivity index (χ2v) is 9.04. The largest absolute Gasteiger partial charge is 0.486 e. The number of carbonyl (C=O) groups excluding carboxylic acids is 1. The molecule has 0 radical (unpaired) electrons. The second-order valence-electron chi connectivity index (χ2n) is 8.68. The maximum atomic E-state index is 13.6. The van der Waals surface area contributed by atoms with Gasteiger partial charge in [-0.25, -0.2) is 0 Å². The number of amides is 1. The van der Waals surface area contributed by atoms with Crippen LogP contribution in [0.4, 0.5) is 24.5 Å². The van der Waals surface area contributed by atoms with E-state index in [-0.39, 0.29) is 30.1 Å². The summed E-state index contributed by atoms with van der Waals surface area (Å²) in [6.07, 6.45) is -2.85. The molecule has 0 aromatic heterocycles. The Morgan fingerprint density at radius 1 is 1.17 bits per heavy atom. The summed E-state index contributed by atoms with van der Waals surface area (Å²) < 4.78 is 52.3.